The highest BCUT2D eigenvalue weighted by molar-refractivity contribution is 5.96. The van der Waals surface area contributed by atoms with E-state index in [2.05, 4.69) is 4.57 Å². The zero-order valence-corrected chi connectivity index (χ0v) is 20.1. The van der Waals surface area contributed by atoms with Crippen molar-refractivity contribution in [1.29, 1.82) is 0 Å². The van der Waals surface area contributed by atoms with Gasteiger partial charge in [0.25, 0.3) is 5.91 Å². The number of benzene rings is 1. The maximum atomic E-state index is 13.7. The van der Waals surface area contributed by atoms with Gasteiger partial charge in [0.15, 0.2) is 0 Å². The van der Waals surface area contributed by atoms with Crippen LogP contribution in [0.5, 0.6) is 0 Å². The minimum absolute atomic E-state index is 0.0864. The molecule has 0 saturated carbocycles. The summed E-state index contributed by atoms with van der Waals surface area (Å²) in [4.78, 5) is 34.7. The van der Waals surface area contributed by atoms with E-state index in [1.807, 2.05) is 70.1 Å². The Balaban J connectivity index is 1.96. The molecule has 2 aromatic rings. The van der Waals surface area contributed by atoms with Crippen molar-refractivity contribution in [3.8, 4) is 11.4 Å². The van der Waals surface area contributed by atoms with Crippen molar-refractivity contribution in [2.24, 2.45) is 0 Å². The summed E-state index contributed by atoms with van der Waals surface area (Å²) >= 11 is 0. The highest BCUT2D eigenvalue weighted by Gasteiger charge is 2.29. The molecule has 0 radical (unpaired) electrons. The molecule has 1 aliphatic heterocycles. The van der Waals surface area contributed by atoms with Crippen LogP contribution >= 0.6 is 0 Å². The van der Waals surface area contributed by atoms with Gasteiger partial charge in [0.2, 0.25) is 0 Å². The molecule has 0 aliphatic carbocycles. The first-order valence-electron chi connectivity index (χ1n) is 11.5. The van der Waals surface area contributed by atoms with Crippen molar-refractivity contribution >= 4 is 11.9 Å². The average Bonchev–Trinajstić information content (AvgIpc) is 2.90. The summed E-state index contributed by atoms with van der Waals surface area (Å²) in [5.74, 6) is 0.222. The Kier molecular flexibility index (Phi) is 7.72. The Morgan fingerprint density at radius 1 is 1.06 bits per heavy atom. The fourth-order valence-electron chi connectivity index (χ4n) is 3.95. The molecule has 7 nitrogen and oxygen atoms in total. The van der Waals surface area contributed by atoms with E-state index >= 15 is 0 Å². The van der Waals surface area contributed by atoms with E-state index in [1.54, 1.807) is 4.90 Å². The van der Waals surface area contributed by atoms with E-state index in [0.717, 1.165) is 49.3 Å². The van der Waals surface area contributed by atoms with Crippen molar-refractivity contribution in [3.63, 3.8) is 0 Å². The molecule has 1 aliphatic rings. The molecule has 0 bridgehead atoms. The summed E-state index contributed by atoms with van der Waals surface area (Å²) < 4.78 is 7.70. The first-order chi connectivity index (χ1) is 15.2. The second-order valence-corrected chi connectivity index (χ2v) is 9.68. The zero-order chi connectivity index (χ0) is 23.3. The Hall–Kier alpha value is -2.67. The number of carbonyl (C=O) groups excluding carboxylic acids is 2. The average molecular weight is 441 g/mol. The maximum absolute atomic E-state index is 13.7. The molecule has 0 saturated heterocycles. The van der Waals surface area contributed by atoms with Crippen LogP contribution in [0.3, 0.4) is 0 Å². The third kappa shape index (κ3) is 6.19. The van der Waals surface area contributed by atoms with Gasteiger partial charge in [-0.15, -0.1) is 0 Å². The summed E-state index contributed by atoms with van der Waals surface area (Å²) in [5, 5.41) is 0. The Morgan fingerprint density at radius 3 is 2.44 bits per heavy atom. The number of imidazole rings is 1. The molecule has 32 heavy (non-hydrogen) atoms. The molecule has 1 aromatic heterocycles. The van der Waals surface area contributed by atoms with Crippen molar-refractivity contribution in [3.05, 3.63) is 41.7 Å². The van der Waals surface area contributed by atoms with Crippen LogP contribution in [0.15, 0.2) is 30.3 Å². The van der Waals surface area contributed by atoms with E-state index < -0.39 is 11.6 Å². The number of esters is 1. The van der Waals surface area contributed by atoms with Crippen LogP contribution in [0.25, 0.3) is 11.4 Å². The SMILES string of the molecule is CN(C)CCN(CC(=O)OC(C)(C)C)C(=O)c1nc(-c2ccccc2)n2c1CCCCC2. The van der Waals surface area contributed by atoms with Crippen LogP contribution in [-0.2, 0) is 22.5 Å². The topological polar surface area (TPSA) is 67.7 Å². The summed E-state index contributed by atoms with van der Waals surface area (Å²) in [6.45, 7) is 7.34. The van der Waals surface area contributed by atoms with Gasteiger partial charge >= 0.3 is 5.97 Å². The third-order valence-corrected chi connectivity index (χ3v) is 5.45. The van der Waals surface area contributed by atoms with Gasteiger partial charge in [-0.05, 0) is 54.1 Å². The first kappa shape index (κ1) is 24.0. The fraction of sp³-hybridized carbons (Fsp3) is 0.560. The number of amides is 1. The maximum Gasteiger partial charge on any atom is 0.326 e. The normalized spacial score (nSPS) is 14.1. The number of hydrogen-bond donors (Lipinski definition) is 0. The monoisotopic (exact) mass is 440 g/mol. The van der Waals surface area contributed by atoms with Crippen LogP contribution < -0.4 is 0 Å². The lowest BCUT2D eigenvalue weighted by molar-refractivity contribution is -0.155. The lowest BCUT2D eigenvalue weighted by Crippen LogP contribution is -2.42. The first-order valence-corrected chi connectivity index (χ1v) is 11.5. The number of hydrogen-bond acceptors (Lipinski definition) is 5. The molecule has 3 rings (SSSR count). The number of rotatable bonds is 7. The van der Waals surface area contributed by atoms with Gasteiger partial charge in [0.05, 0.1) is 5.69 Å². The summed E-state index contributed by atoms with van der Waals surface area (Å²) in [6.07, 6.45) is 4.05. The van der Waals surface area contributed by atoms with E-state index in [9.17, 15) is 9.59 Å². The molecule has 0 unspecified atom stereocenters. The van der Waals surface area contributed by atoms with Gasteiger partial charge in [-0.25, -0.2) is 4.98 Å². The third-order valence-electron chi connectivity index (χ3n) is 5.45. The molecule has 0 atom stereocenters. The number of nitrogens with zero attached hydrogens (tertiary/aromatic N) is 4. The van der Waals surface area contributed by atoms with E-state index in [1.165, 1.54) is 0 Å². The molecule has 7 heteroatoms. The number of aromatic nitrogens is 2. The zero-order valence-electron chi connectivity index (χ0n) is 20.1. The minimum Gasteiger partial charge on any atom is -0.459 e. The molecule has 1 amide bonds. The molecular weight excluding hydrogens is 404 g/mol. The number of fused-ring (bicyclic) bond motifs is 1. The van der Waals surface area contributed by atoms with E-state index in [4.69, 9.17) is 9.72 Å². The predicted octanol–water partition coefficient (Wildman–Crippen LogP) is 3.62. The van der Waals surface area contributed by atoms with Gasteiger partial charge in [-0.3, -0.25) is 9.59 Å². The van der Waals surface area contributed by atoms with Gasteiger partial charge in [-0.2, -0.15) is 0 Å². The van der Waals surface area contributed by atoms with Crippen LogP contribution in [0, 0.1) is 0 Å². The van der Waals surface area contributed by atoms with Crippen LogP contribution in [-0.4, -0.2) is 70.6 Å². The smallest absolute Gasteiger partial charge is 0.326 e. The predicted molar refractivity (Wildman–Crippen MR) is 126 cm³/mol. The lowest BCUT2D eigenvalue weighted by Gasteiger charge is -2.26. The largest absolute Gasteiger partial charge is 0.459 e. The molecule has 0 fully saturated rings. The van der Waals surface area contributed by atoms with Crippen molar-refractivity contribution in [1.82, 2.24) is 19.4 Å². The summed E-state index contributed by atoms with van der Waals surface area (Å²) in [5.41, 5.74) is 1.85. The standard InChI is InChI=1S/C25H36N4O3/c1-25(2,3)32-21(30)18-28(17-16-27(4)5)24(31)22-20-14-10-7-11-15-29(20)23(26-22)19-12-8-6-9-13-19/h6,8-9,12-13H,7,10-11,14-18H2,1-5H3. The Bertz CT molecular complexity index is 929. The molecule has 174 valence electrons. The second kappa shape index (κ2) is 10.3. The van der Waals surface area contributed by atoms with E-state index in [-0.39, 0.29) is 12.5 Å². The van der Waals surface area contributed by atoms with Gasteiger partial charge in [-0.1, -0.05) is 36.8 Å². The Labute approximate surface area is 191 Å². The van der Waals surface area contributed by atoms with Gasteiger partial charge < -0.3 is 19.1 Å². The molecular formula is C25H36N4O3. The van der Waals surface area contributed by atoms with Crippen molar-refractivity contribution in [2.45, 2.75) is 58.6 Å². The molecule has 0 N–H and O–H groups in total. The highest BCUT2D eigenvalue weighted by Crippen LogP contribution is 2.28. The minimum atomic E-state index is -0.598. The summed E-state index contributed by atoms with van der Waals surface area (Å²) in [6, 6.07) is 10.0. The second-order valence-electron chi connectivity index (χ2n) is 9.68. The lowest BCUT2D eigenvalue weighted by atomic mass is 10.1. The number of carbonyl (C=O) groups is 2. The van der Waals surface area contributed by atoms with Gasteiger partial charge in [0.1, 0.15) is 23.7 Å². The van der Waals surface area contributed by atoms with Gasteiger partial charge in [0, 0.05) is 25.2 Å². The van der Waals surface area contributed by atoms with Crippen molar-refractivity contribution in [2.75, 3.05) is 33.7 Å². The van der Waals surface area contributed by atoms with Crippen molar-refractivity contribution < 1.29 is 14.3 Å². The molecule has 0 spiro atoms. The molecule has 1 aromatic carbocycles. The van der Waals surface area contributed by atoms with Crippen LogP contribution in [0.1, 0.15) is 56.2 Å². The molecule has 2 heterocycles. The Morgan fingerprint density at radius 2 is 1.78 bits per heavy atom. The van der Waals surface area contributed by atoms with Crippen LogP contribution in [0.2, 0.25) is 0 Å². The van der Waals surface area contributed by atoms with Crippen LogP contribution in [0.4, 0.5) is 0 Å². The quantitative estimate of drug-likeness (QED) is 0.615. The highest BCUT2D eigenvalue weighted by atomic mass is 16.6. The van der Waals surface area contributed by atoms with E-state index in [0.29, 0.717) is 18.8 Å². The number of likely N-dealkylation sites (N-methyl/N-ethyl adjacent to an activating group) is 1. The number of ether oxygens (including phenoxy) is 1. The summed E-state index contributed by atoms with van der Waals surface area (Å²) in [7, 11) is 3.90. The fourth-order valence-corrected chi connectivity index (χ4v) is 3.95.